The number of benzene rings is 2. The van der Waals surface area contributed by atoms with Crippen LogP contribution in [-0.2, 0) is 11.3 Å². The van der Waals surface area contributed by atoms with Gasteiger partial charge in [-0.25, -0.2) is 4.79 Å². The van der Waals surface area contributed by atoms with E-state index >= 15 is 0 Å². The maximum Gasteiger partial charge on any atom is 0.387 e. The van der Waals surface area contributed by atoms with Crippen molar-refractivity contribution in [1.82, 2.24) is 0 Å². The summed E-state index contributed by atoms with van der Waals surface area (Å²) < 4.78 is 33.6. The molecule has 0 aliphatic rings. The summed E-state index contributed by atoms with van der Waals surface area (Å²) in [5, 5.41) is 0. The molecular weight excluding hydrogens is 308 g/mol. The molecule has 0 spiro atoms. The van der Waals surface area contributed by atoms with Crippen molar-refractivity contribution in [3.05, 3.63) is 65.2 Å². The maximum atomic E-state index is 12.1. The molecule has 2 rings (SSSR count). The Morgan fingerprint density at radius 2 is 1.74 bits per heavy atom. The van der Waals surface area contributed by atoms with E-state index in [-0.39, 0.29) is 17.9 Å². The van der Waals surface area contributed by atoms with Crippen LogP contribution in [0.3, 0.4) is 0 Å². The molecule has 0 fully saturated rings. The first-order chi connectivity index (χ1) is 11.0. The zero-order valence-corrected chi connectivity index (χ0v) is 11.9. The number of hydrogen-bond donors (Lipinski definition) is 1. The number of carbonyl (C=O) groups is 2. The SMILES string of the molecule is NC(=O)c1ccc(COC(=O)c2cccc(OC(F)F)c2)cc1. The lowest BCUT2D eigenvalue weighted by Gasteiger charge is -2.08. The molecule has 0 aliphatic heterocycles. The molecule has 120 valence electrons. The van der Waals surface area contributed by atoms with Crippen LogP contribution in [0, 0.1) is 0 Å². The van der Waals surface area contributed by atoms with Crippen LogP contribution in [0.2, 0.25) is 0 Å². The summed E-state index contributed by atoms with van der Waals surface area (Å²) in [4.78, 5) is 22.8. The number of rotatable bonds is 6. The quantitative estimate of drug-likeness (QED) is 0.830. The highest BCUT2D eigenvalue weighted by molar-refractivity contribution is 5.92. The van der Waals surface area contributed by atoms with E-state index in [1.807, 2.05) is 0 Å². The van der Waals surface area contributed by atoms with Crippen molar-refractivity contribution < 1.29 is 27.8 Å². The number of alkyl halides is 2. The van der Waals surface area contributed by atoms with Crippen LogP contribution >= 0.6 is 0 Å². The number of halogens is 2. The number of primary amides is 1. The van der Waals surface area contributed by atoms with Crippen molar-refractivity contribution >= 4 is 11.9 Å². The van der Waals surface area contributed by atoms with Crippen molar-refractivity contribution in [2.75, 3.05) is 0 Å². The van der Waals surface area contributed by atoms with E-state index in [0.717, 1.165) is 0 Å². The second-order valence-corrected chi connectivity index (χ2v) is 4.54. The molecule has 2 aromatic carbocycles. The van der Waals surface area contributed by atoms with E-state index in [1.165, 1.54) is 36.4 Å². The molecule has 0 atom stereocenters. The highest BCUT2D eigenvalue weighted by Gasteiger charge is 2.11. The van der Waals surface area contributed by atoms with Crippen LogP contribution in [-0.4, -0.2) is 18.5 Å². The van der Waals surface area contributed by atoms with Crippen LogP contribution in [0.5, 0.6) is 5.75 Å². The molecular formula is C16H13F2NO4. The van der Waals surface area contributed by atoms with Crippen molar-refractivity contribution in [1.29, 1.82) is 0 Å². The first-order valence-electron chi connectivity index (χ1n) is 6.56. The van der Waals surface area contributed by atoms with Gasteiger partial charge in [0.05, 0.1) is 5.56 Å². The number of amides is 1. The van der Waals surface area contributed by atoms with Crippen molar-refractivity contribution in [2.45, 2.75) is 13.2 Å². The van der Waals surface area contributed by atoms with Gasteiger partial charge in [-0.15, -0.1) is 0 Å². The minimum atomic E-state index is -2.97. The third kappa shape index (κ3) is 4.77. The van der Waals surface area contributed by atoms with Gasteiger partial charge in [-0.05, 0) is 35.9 Å². The van der Waals surface area contributed by atoms with Crippen LogP contribution in [0.4, 0.5) is 8.78 Å². The van der Waals surface area contributed by atoms with Gasteiger partial charge in [0.1, 0.15) is 12.4 Å². The Kier molecular flexibility index (Phi) is 5.24. The third-order valence-electron chi connectivity index (χ3n) is 2.90. The van der Waals surface area contributed by atoms with Gasteiger partial charge < -0.3 is 15.2 Å². The Bertz CT molecular complexity index is 701. The summed E-state index contributed by atoms with van der Waals surface area (Å²) in [5.74, 6) is -1.35. The summed E-state index contributed by atoms with van der Waals surface area (Å²) in [7, 11) is 0. The molecule has 7 heteroatoms. The van der Waals surface area contributed by atoms with E-state index in [4.69, 9.17) is 10.5 Å². The largest absolute Gasteiger partial charge is 0.457 e. The predicted molar refractivity (Wildman–Crippen MR) is 77.2 cm³/mol. The highest BCUT2D eigenvalue weighted by atomic mass is 19.3. The van der Waals surface area contributed by atoms with Crippen LogP contribution < -0.4 is 10.5 Å². The Morgan fingerprint density at radius 1 is 1.04 bits per heavy atom. The fourth-order valence-electron chi connectivity index (χ4n) is 1.80. The molecule has 0 saturated carbocycles. The maximum absolute atomic E-state index is 12.1. The van der Waals surface area contributed by atoms with Gasteiger partial charge in [-0.2, -0.15) is 8.78 Å². The Hall–Kier alpha value is -2.96. The zero-order chi connectivity index (χ0) is 16.8. The normalized spacial score (nSPS) is 10.4. The van der Waals surface area contributed by atoms with Crippen LogP contribution in [0.1, 0.15) is 26.3 Å². The van der Waals surface area contributed by atoms with Gasteiger partial charge in [0.25, 0.3) is 0 Å². The van der Waals surface area contributed by atoms with E-state index in [1.54, 1.807) is 12.1 Å². The summed E-state index contributed by atoms with van der Waals surface area (Å²) in [6.07, 6.45) is 0. The second-order valence-electron chi connectivity index (χ2n) is 4.54. The Labute approximate surface area is 130 Å². The molecule has 0 unspecified atom stereocenters. The smallest absolute Gasteiger partial charge is 0.387 e. The van der Waals surface area contributed by atoms with Gasteiger partial charge >= 0.3 is 12.6 Å². The summed E-state index contributed by atoms with van der Waals surface area (Å²) in [6.45, 7) is -3.00. The highest BCUT2D eigenvalue weighted by Crippen LogP contribution is 2.17. The molecule has 1 amide bonds. The molecule has 0 saturated heterocycles. The first-order valence-corrected chi connectivity index (χ1v) is 6.56. The minimum absolute atomic E-state index is 0.0300. The van der Waals surface area contributed by atoms with E-state index in [9.17, 15) is 18.4 Å². The summed E-state index contributed by atoms with van der Waals surface area (Å²) in [5.41, 5.74) is 6.22. The van der Waals surface area contributed by atoms with E-state index in [0.29, 0.717) is 11.1 Å². The number of esters is 1. The standard InChI is InChI=1S/C16H13F2NO4/c17-16(18)23-13-3-1-2-12(8-13)15(21)22-9-10-4-6-11(7-5-10)14(19)20/h1-8,16H,9H2,(H2,19,20). The number of nitrogens with two attached hydrogens (primary N) is 1. The van der Waals surface area contributed by atoms with Gasteiger partial charge in [0.15, 0.2) is 0 Å². The Balaban J connectivity index is 1.97. The fraction of sp³-hybridized carbons (Fsp3) is 0.125. The first kappa shape index (κ1) is 16.4. The van der Waals surface area contributed by atoms with Crippen LogP contribution in [0.15, 0.2) is 48.5 Å². The molecule has 0 aromatic heterocycles. The molecule has 23 heavy (non-hydrogen) atoms. The molecule has 0 radical (unpaired) electrons. The van der Waals surface area contributed by atoms with Crippen LogP contribution in [0.25, 0.3) is 0 Å². The second kappa shape index (κ2) is 7.35. The van der Waals surface area contributed by atoms with Gasteiger partial charge in [0.2, 0.25) is 5.91 Å². The monoisotopic (exact) mass is 321 g/mol. The fourth-order valence-corrected chi connectivity index (χ4v) is 1.80. The molecule has 2 N–H and O–H groups in total. The molecule has 5 nitrogen and oxygen atoms in total. The van der Waals surface area contributed by atoms with E-state index in [2.05, 4.69) is 4.74 Å². The van der Waals surface area contributed by atoms with Gasteiger partial charge in [0, 0.05) is 5.56 Å². The Morgan fingerprint density at radius 3 is 2.35 bits per heavy atom. The number of carbonyl (C=O) groups excluding carboxylic acids is 2. The van der Waals surface area contributed by atoms with E-state index < -0.39 is 18.5 Å². The van der Waals surface area contributed by atoms with Crippen molar-refractivity contribution in [3.63, 3.8) is 0 Å². The summed E-state index contributed by atoms with van der Waals surface area (Å²) >= 11 is 0. The minimum Gasteiger partial charge on any atom is -0.457 e. The number of hydrogen-bond acceptors (Lipinski definition) is 4. The molecule has 0 heterocycles. The average molecular weight is 321 g/mol. The lowest BCUT2D eigenvalue weighted by molar-refractivity contribution is -0.0499. The molecule has 0 bridgehead atoms. The van der Waals surface area contributed by atoms with Crippen molar-refractivity contribution in [3.8, 4) is 5.75 Å². The number of ether oxygens (including phenoxy) is 2. The van der Waals surface area contributed by atoms with Crippen molar-refractivity contribution in [2.24, 2.45) is 5.73 Å². The topological polar surface area (TPSA) is 78.6 Å². The lowest BCUT2D eigenvalue weighted by atomic mass is 10.1. The van der Waals surface area contributed by atoms with Gasteiger partial charge in [-0.1, -0.05) is 18.2 Å². The summed E-state index contributed by atoms with van der Waals surface area (Å²) in [6, 6.07) is 11.6. The third-order valence-corrected chi connectivity index (χ3v) is 2.90. The van der Waals surface area contributed by atoms with Gasteiger partial charge in [-0.3, -0.25) is 4.79 Å². The molecule has 2 aromatic rings. The predicted octanol–water partition coefficient (Wildman–Crippen LogP) is 2.74. The zero-order valence-electron chi connectivity index (χ0n) is 11.9. The lowest BCUT2D eigenvalue weighted by Crippen LogP contribution is -2.11. The molecule has 0 aliphatic carbocycles. The average Bonchev–Trinajstić information content (AvgIpc) is 2.52.